The molecule has 3 nitrogen and oxygen atoms in total. The number of amides is 1. The van der Waals surface area contributed by atoms with E-state index < -0.39 is 11.5 Å². The van der Waals surface area contributed by atoms with E-state index in [2.05, 4.69) is 0 Å². The number of rotatable bonds is 1. The zero-order valence-corrected chi connectivity index (χ0v) is 4.73. The van der Waals surface area contributed by atoms with Crippen LogP contribution in [0.15, 0.2) is 0 Å². The predicted octanol–water partition coefficient (Wildman–Crippen LogP) is -0.242. The molecule has 0 spiro atoms. The molecule has 48 valence electrons. The Morgan fingerprint density at radius 1 is 1.75 bits per heavy atom. The van der Waals surface area contributed by atoms with Crippen LogP contribution in [0, 0.1) is 0 Å². The highest BCUT2D eigenvalue weighted by molar-refractivity contribution is 5.82. The lowest BCUT2D eigenvalue weighted by molar-refractivity contribution is -0.141. The predicted molar refractivity (Wildman–Crippen MR) is 25.5 cm³/mol. The summed E-state index contributed by atoms with van der Waals surface area (Å²) in [5.74, 6) is -1.03. The van der Waals surface area contributed by atoms with Crippen molar-refractivity contribution in [2.45, 2.75) is 19.4 Å². The number of hydrogen-bond donors (Lipinski definition) is 2. The molecule has 0 saturated heterocycles. The number of aliphatic hydroxyl groups is 1. The van der Waals surface area contributed by atoms with Crippen LogP contribution in [0.5, 0.6) is 0 Å². The van der Waals surface area contributed by atoms with E-state index in [9.17, 15) is 9.28 Å². The Kier molecular flexibility index (Phi) is 1.92. The van der Waals surface area contributed by atoms with Gasteiger partial charge in [-0.25, -0.2) is 0 Å². The van der Waals surface area contributed by atoms with Gasteiger partial charge in [0.1, 0.15) is 5.60 Å². The van der Waals surface area contributed by atoms with Gasteiger partial charge in [0.25, 0.3) is 5.91 Å². The highest BCUT2D eigenvalue weighted by Crippen LogP contribution is 1.98. The first-order valence-electron chi connectivity index (χ1n) is 2.12. The topological polar surface area (TPSA) is 49.3 Å². The molecule has 0 bridgehead atoms. The van der Waals surface area contributed by atoms with Gasteiger partial charge in [0, 0.05) is 0 Å². The lowest BCUT2D eigenvalue weighted by Gasteiger charge is -2.11. The van der Waals surface area contributed by atoms with Gasteiger partial charge in [-0.15, -0.1) is 4.48 Å². The van der Waals surface area contributed by atoms with E-state index in [1.54, 1.807) is 0 Å². The van der Waals surface area contributed by atoms with E-state index in [0.29, 0.717) is 0 Å². The summed E-state index contributed by atoms with van der Waals surface area (Å²) in [7, 11) is 0. The van der Waals surface area contributed by atoms with Gasteiger partial charge < -0.3 is 5.11 Å². The van der Waals surface area contributed by atoms with E-state index in [1.807, 2.05) is 0 Å². The third-order valence-corrected chi connectivity index (χ3v) is 0.641. The minimum atomic E-state index is -1.62. The largest absolute Gasteiger partial charge is 0.381 e. The van der Waals surface area contributed by atoms with Crippen molar-refractivity contribution in [1.82, 2.24) is 5.54 Å². The zero-order valence-electron chi connectivity index (χ0n) is 4.73. The molecule has 0 aromatic rings. The van der Waals surface area contributed by atoms with E-state index >= 15 is 0 Å². The second-order valence-corrected chi connectivity index (χ2v) is 1.98. The van der Waals surface area contributed by atoms with Crippen LogP contribution in [-0.2, 0) is 4.79 Å². The summed E-state index contributed by atoms with van der Waals surface area (Å²) in [6.45, 7) is 2.39. The average molecular weight is 121 g/mol. The second-order valence-electron chi connectivity index (χ2n) is 1.98. The molecule has 8 heavy (non-hydrogen) atoms. The van der Waals surface area contributed by atoms with Gasteiger partial charge in [0.05, 0.1) is 0 Å². The molecule has 1 amide bonds. The molecular weight excluding hydrogens is 113 g/mol. The van der Waals surface area contributed by atoms with Crippen LogP contribution in [-0.4, -0.2) is 16.6 Å². The molecule has 0 aliphatic carbocycles. The van der Waals surface area contributed by atoms with E-state index in [4.69, 9.17) is 5.11 Å². The number of nitrogens with one attached hydrogen (secondary N) is 1. The van der Waals surface area contributed by atoms with Crippen molar-refractivity contribution in [1.29, 1.82) is 0 Å². The minimum absolute atomic E-state index is 0.816. The van der Waals surface area contributed by atoms with Gasteiger partial charge in [-0.1, -0.05) is 0 Å². The van der Waals surface area contributed by atoms with Crippen LogP contribution in [0.3, 0.4) is 0 Å². The minimum Gasteiger partial charge on any atom is -0.381 e. The second kappa shape index (κ2) is 2.09. The Morgan fingerprint density at radius 2 is 2.12 bits per heavy atom. The van der Waals surface area contributed by atoms with Crippen LogP contribution >= 0.6 is 0 Å². The van der Waals surface area contributed by atoms with Crippen molar-refractivity contribution in [3.8, 4) is 0 Å². The molecule has 2 N–H and O–H groups in total. The summed E-state index contributed by atoms with van der Waals surface area (Å²) in [6.07, 6.45) is 0. The monoisotopic (exact) mass is 121 g/mol. The maximum Gasteiger partial charge on any atom is 0.278 e. The first-order chi connectivity index (χ1) is 3.48. The van der Waals surface area contributed by atoms with Crippen LogP contribution < -0.4 is 5.54 Å². The maximum atomic E-state index is 11.1. The molecule has 0 aliphatic rings. The third-order valence-electron chi connectivity index (χ3n) is 0.641. The number of carbonyl (C=O) groups excluding carboxylic acids is 1. The summed E-state index contributed by atoms with van der Waals surface area (Å²) < 4.78 is 11.1. The van der Waals surface area contributed by atoms with Crippen molar-refractivity contribution in [2.24, 2.45) is 0 Å². The number of halogens is 1. The van der Waals surface area contributed by atoms with Gasteiger partial charge >= 0.3 is 0 Å². The fourth-order valence-corrected chi connectivity index (χ4v) is 0.116. The van der Waals surface area contributed by atoms with Crippen molar-refractivity contribution >= 4 is 5.91 Å². The van der Waals surface area contributed by atoms with Crippen molar-refractivity contribution in [3.05, 3.63) is 0 Å². The molecule has 0 radical (unpaired) electrons. The summed E-state index contributed by atoms with van der Waals surface area (Å²) in [5, 5.41) is 8.63. The maximum absolute atomic E-state index is 11.1. The average Bonchev–Trinajstić information content (AvgIpc) is 1.62. The Morgan fingerprint density at radius 3 is 2.12 bits per heavy atom. The molecule has 0 atom stereocenters. The van der Waals surface area contributed by atoms with Crippen LogP contribution in [0.1, 0.15) is 13.8 Å². The van der Waals surface area contributed by atoms with Crippen LogP contribution in [0.2, 0.25) is 0 Å². The van der Waals surface area contributed by atoms with Gasteiger partial charge in [0.15, 0.2) is 0 Å². The fraction of sp³-hybridized carbons (Fsp3) is 0.750. The molecule has 0 aliphatic heterocycles. The van der Waals surface area contributed by atoms with E-state index in [0.717, 1.165) is 5.54 Å². The van der Waals surface area contributed by atoms with Gasteiger partial charge in [0.2, 0.25) is 0 Å². The van der Waals surface area contributed by atoms with Crippen molar-refractivity contribution < 1.29 is 14.4 Å². The fourth-order valence-electron chi connectivity index (χ4n) is 0.116. The van der Waals surface area contributed by atoms with Gasteiger partial charge in [-0.3, -0.25) is 4.79 Å². The summed E-state index contributed by atoms with van der Waals surface area (Å²) in [5.41, 5.74) is -0.800. The zero-order chi connectivity index (χ0) is 6.78. The van der Waals surface area contributed by atoms with Crippen molar-refractivity contribution in [2.75, 3.05) is 0 Å². The van der Waals surface area contributed by atoms with Gasteiger partial charge in [-0.2, -0.15) is 5.54 Å². The Labute approximate surface area is 46.4 Å². The highest BCUT2D eigenvalue weighted by Gasteiger charge is 2.22. The summed E-state index contributed by atoms with van der Waals surface area (Å²) in [4.78, 5) is 10.1. The Balaban J connectivity index is 3.82. The van der Waals surface area contributed by atoms with Crippen LogP contribution in [0.4, 0.5) is 4.48 Å². The SMILES string of the molecule is CC(C)(O)C(=O)NF. The van der Waals surface area contributed by atoms with E-state index in [-0.39, 0.29) is 0 Å². The Bertz CT molecular complexity index is 96.7. The standard InChI is InChI=1S/C4H8FNO2/c1-4(2,8)3(7)6-5/h8H,1-2H3,(H,6,7). The van der Waals surface area contributed by atoms with Gasteiger partial charge in [-0.05, 0) is 13.8 Å². The summed E-state index contributed by atoms with van der Waals surface area (Å²) >= 11 is 0. The molecule has 0 rings (SSSR count). The van der Waals surface area contributed by atoms with Crippen LogP contribution in [0.25, 0.3) is 0 Å². The molecule has 4 heteroatoms. The van der Waals surface area contributed by atoms with Crippen molar-refractivity contribution in [3.63, 3.8) is 0 Å². The molecule has 0 saturated carbocycles. The smallest absolute Gasteiger partial charge is 0.278 e. The number of carbonyl (C=O) groups is 1. The molecule has 0 unspecified atom stereocenters. The van der Waals surface area contributed by atoms with E-state index in [1.165, 1.54) is 13.8 Å². The third kappa shape index (κ3) is 1.88. The quantitative estimate of drug-likeness (QED) is 0.470. The first kappa shape index (κ1) is 7.36. The lowest BCUT2D eigenvalue weighted by Crippen LogP contribution is -2.38. The molecule has 0 aromatic carbocycles. The first-order valence-corrected chi connectivity index (χ1v) is 2.12. The molecule has 0 heterocycles. The molecule has 0 aromatic heterocycles. The molecular formula is C4H8FNO2. The normalized spacial score (nSPS) is 11.0. The molecule has 0 fully saturated rings. The Hall–Kier alpha value is -0.640. The summed E-state index contributed by atoms with van der Waals surface area (Å²) in [6, 6.07) is 0. The highest BCUT2D eigenvalue weighted by atomic mass is 19.2. The number of hydrogen-bond acceptors (Lipinski definition) is 2. The lowest BCUT2D eigenvalue weighted by atomic mass is 10.1.